The fourth-order valence-corrected chi connectivity index (χ4v) is 2.99. The third-order valence-electron chi connectivity index (χ3n) is 3.59. The minimum absolute atomic E-state index is 0.197. The summed E-state index contributed by atoms with van der Waals surface area (Å²) in [5, 5.41) is 4.75. The number of nitrogens with zero attached hydrogens (tertiary/aromatic N) is 2. The molecule has 0 saturated heterocycles. The summed E-state index contributed by atoms with van der Waals surface area (Å²) >= 11 is 1.34. The molecule has 0 aliphatic heterocycles. The number of imidazole rings is 1. The highest BCUT2D eigenvalue weighted by molar-refractivity contribution is 7.99. The topological polar surface area (TPSA) is 79.4 Å². The molecule has 0 saturated carbocycles. The summed E-state index contributed by atoms with van der Waals surface area (Å²) in [6.45, 7) is 4.82. The quantitative estimate of drug-likeness (QED) is 0.352. The van der Waals surface area contributed by atoms with Crippen LogP contribution in [0.25, 0.3) is 11.0 Å². The third-order valence-corrected chi connectivity index (χ3v) is 4.47. The standard InChI is InChI=1S/C20H22N4O2S/c1-14(2)12-26-18-10-6-3-7-15(18)11-21-24-19(25)13-27-20-22-16-8-4-5-9-17(16)23-20/h3-11,14H,12-13H2,1-2H3,(H,22,23)(H,24,25)/b21-11+. The number of hydrogen-bond acceptors (Lipinski definition) is 5. The van der Waals surface area contributed by atoms with Gasteiger partial charge in [0.25, 0.3) is 5.91 Å². The minimum Gasteiger partial charge on any atom is -0.493 e. The Kier molecular flexibility index (Phi) is 6.49. The zero-order chi connectivity index (χ0) is 19.1. The van der Waals surface area contributed by atoms with Gasteiger partial charge in [-0.05, 0) is 30.2 Å². The molecular weight excluding hydrogens is 360 g/mol. The van der Waals surface area contributed by atoms with Crippen molar-refractivity contribution in [1.82, 2.24) is 15.4 Å². The number of ether oxygens (including phenoxy) is 1. The van der Waals surface area contributed by atoms with Crippen molar-refractivity contribution in [3.05, 3.63) is 54.1 Å². The molecule has 2 N–H and O–H groups in total. The molecule has 6 nitrogen and oxygen atoms in total. The van der Waals surface area contributed by atoms with E-state index in [0.29, 0.717) is 17.7 Å². The van der Waals surface area contributed by atoms with Crippen LogP contribution in [0.2, 0.25) is 0 Å². The van der Waals surface area contributed by atoms with E-state index in [4.69, 9.17) is 4.74 Å². The molecule has 2 aromatic carbocycles. The Balaban J connectivity index is 1.51. The van der Waals surface area contributed by atoms with E-state index in [-0.39, 0.29) is 11.7 Å². The lowest BCUT2D eigenvalue weighted by molar-refractivity contribution is -0.118. The molecule has 0 spiro atoms. The lowest BCUT2D eigenvalue weighted by atomic mass is 10.2. The summed E-state index contributed by atoms with van der Waals surface area (Å²) in [5.74, 6) is 1.21. The fourth-order valence-electron chi connectivity index (χ4n) is 2.31. The first-order chi connectivity index (χ1) is 13.1. The smallest absolute Gasteiger partial charge is 0.250 e. The zero-order valence-electron chi connectivity index (χ0n) is 15.3. The van der Waals surface area contributed by atoms with Crippen molar-refractivity contribution in [1.29, 1.82) is 0 Å². The summed E-state index contributed by atoms with van der Waals surface area (Å²) in [6.07, 6.45) is 1.60. The molecule has 1 amide bonds. The molecular formula is C20H22N4O2S. The number of aromatic nitrogens is 2. The number of hydrogen-bond donors (Lipinski definition) is 2. The SMILES string of the molecule is CC(C)COc1ccccc1/C=N/NC(=O)CSc1nc2ccccc2[nH]1. The maximum atomic E-state index is 12.0. The van der Waals surface area contributed by atoms with Crippen molar-refractivity contribution in [3.8, 4) is 5.75 Å². The van der Waals surface area contributed by atoms with Gasteiger partial charge in [0.2, 0.25) is 0 Å². The van der Waals surface area contributed by atoms with Gasteiger partial charge in [-0.3, -0.25) is 4.79 Å². The molecule has 0 aliphatic rings. The maximum Gasteiger partial charge on any atom is 0.250 e. The van der Waals surface area contributed by atoms with E-state index in [9.17, 15) is 4.79 Å². The number of nitrogens with one attached hydrogen (secondary N) is 2. The van der Waals surface area contributed by atoms with Crippen LogP contribution in [0.15, 0.2) is 58.8 Å². The number of thioether (sulfide) groups is 1. The van der Waals surface area contributed by atoms with Gasteiger partial charge in [-0.2, -0.15) is 5.10 Å². The van der Waals surface area contributed by atoms with Gasteiger partial charge in [0.1, 0.15) is 5.75 Å². The molecule has 3 aromatic rings. The Morgan fingerprint density at radius 1 is 1.26 bits per heavy atom. The van der Waals surface area contributed by atoms with Crippen molar-refractivity contribution in [3.63, 3.8) is 0 Å². The van der Waals surface area contributed by atoms with Crippen LogP contribution in [-0.2, 0) is 4.79 Å². The van der Waals surface area contributed by atoms with Crippen molar-refractivity contribution in [2.24, 2.45) is 11.0 Å². The molecule has 0 aliphatic carbocycles. The molecule has 1 aromatic heterocycles. The van der Waals surface area contributed by atoms with Gasteiger partial charge in [0.15, 0.2) is 5.16 Å². The Labute approximate surface area is 162 Å². The number of H-pyrrole nitrogens is 1. The Hall–Kier alpha value is -2.80. The van der Waals surface area contributed by atoms with Crippen LogP contribution in [-0.4, -0.2) is 34.4 Å². The second-order valence-electron chi connectivity index (χ2n) is 6.38. The van der Waals surface area contributed by atoms with Crippen LogP contribution < -0.4 is 10.2 Å². The van der Waals surface area contributed by atoms with Crippen LogP contribution in [0.5, 0.6) is 5.75 Å². The van der Waals surface area contributed by atoms with E-state index >= 15 is 0 Å². The van der Waals surface area contributed by atoms with Gasteiger partial charge >= 0.3 is 0 Å². The van der Waals surface area contributed by atoms with Crippen molar-refractivity contribution in [2.75, 3.05) is 12.4 Å². The van der Waals surface area contributed by atoms with Crippen LogP contribution >= 0.6 is 11.8 Å². The molecule has 27 heavy (non-hydrogen) atoms. The predicted molar refractivity (Wildman–Crippen MR) is 109 cm³/mol. The normalized spacial score (nSPS) is 11.4. The molecule has 0 fully saturated rings. The van der Waals surface area contributed by atoms with E-state index in [1.165, 1.54) is 11.8 Å². The lowest BCUT2D eigenvalue weighted by Gasteiger charge is -2.10. The minimum atomic E-state index is -0.197. The maximum absolute atomic E-state index is 12.0. The average Bonchev–Trinajstić information content (AvgIpc) is 3.08. The van der Waals surface area contributed by atoms with E-state index in [1.807, 2.05) is 48.5 Å². The van der Waals surface area contributed by atoms with Gasteiger partial charge in [-0.1, -0.05) is 49.9 Å². The average molecular weight is 382 g/mol. The Morgan fingerprint density at radius 3 is 2.85 bits per heavy atom. The number of hydrazone groups is 1. The van der Waals surface area contributed by atoms with Gasteiger partial charge < -0.3 is 9.72 Å². The molecule has 7 heteroatoms. The number of rotatable bonds is 8. The monoisotopic (exact) mass is 382 g/mol. The highest BCUT2D eigenvalue weighted by Crippen LogP contribution is 2.19. The number of amides is 1. The molecule has 1 heterocycles. The fraction of sp³-hybridized carbons (Fsp3) is 0.250. The molecule has 0 unspecified atom stereocenters. The highest BCUT2D eigenvalue weighted by atomic mass is 32.2. The van der Waals surface area contributed by atoms with Gasteiger partial charge in [-0.25, -0.2) is 10.4 Å². The first-order valence-corrected chi connectivity index (χ1v) is 9.71. The number of fused-ring (bicyclic) bond motifs is 1. The Morgan fingerprint density at radius 2 is 2.04 bits per heavy atom. The van der Waals surface area contributed by atoms with E-state index < -0.39 is 0 Å². The number of para-hydroxylation sites is 3. The summed E-state index contributed by atoms with van der Waals surface area (Å²) < 4.78 is 5.77. The van der Waals surface area contributed by atoms with Crippen molar-refractivity contribution < 1.29 is 9.53 Å². The third kappa shape index (κ3) is 5.59. The van der Waals surface area contributed by atoms with Crippen LogP contribution in [0, 0.1) is 5.92 Å². The van der Waals surface area contributed by atoms with E-state index in [0.717, 1.165) is 22.3 Å². The molecule has 140 valence electrons. The van der Waals surface area contributed by atoms with Gasteiger partial charge in [0.05, 0.1) is 29.6 Å². The summed E-state index contributed by atoms with van der Waals surface area (Å²) in [4.78, 5) is 19.6. The van der Waals surface area contributed by atoms with Crippen LogP contribution in [0.4, 0.5) is 0 Å². The number of carbonyl (C=O) groups is 1. The first-order valence-electron chi connectivity index (χ1n) is 8.73. The van der Waals surface area contributed by atoms with Gasteiger partial charge in [0, 0.05) is 5.56 Å². The summed E-state index contributed by atoms with van der Waals surface area (Å²) in [7, 11) is 0. The Bertz CT molecular complexity index is 903. The number of aromatic amines is 1. The van der Waals surface area contributed by atoms with Crippen molar-refractivity contribution in [2.45, 2.75) is 19.0 Å². The van der Waals surface area contributed by atoms with E-state index in [1.54, 1.807) is 6.21 Å². The number of carbonyl (C=O) groups excluding carboxylic acids is 1. The van der Waals surface area contributed by atoms with Crippen LogP contribution in [0.1, 0.15) is 19.4 Å². The summed E-state index contributed by atoms with van der Waals surface area (Å²) in [5.41, 5.74) is 5.20. The summed E-state index contributed by atoms with van der Waals surface area (Å²) in [6, 6.07) is 15.4. The number of benzene rings is 2. The second-order valence-corrected chi connectivity index (χ2v) is 7.35. The second kappa shape index (κ2) is 9.23. The molecule has 0 atom stereocenters. The lowest BCUT2D eigenvalue weighted by Crippen LogP contribution is -2.19. The highest BCUT2D eigenvalue weighted by Gasteiger charge is 2.06. The van der Waals surface area contributed by atoms with Gasteiger partial charge in [-0.15, -0.1) is 0 Å². The predicted octanol–water partition coefficient (Wildman–Crippen LogP) is 3.84. The van der Waals surface area contributed by atoms with Crippen molar-refractivity contribution >= 4 is 34.9 Å². The molecule has 0 bridgehead atoms. The largest absolute Gasteiger partial charge is 0.493 e. The van der Waals surface area contributed by atoms with E-state index in [2.05, 4.69) is 34.3 Å². The zero-order valence-corrected chi connectivity index (χ0v) is 16.1. The molecule has 3 rings (SSSR count). The molecule has 0 radical (unpaired) electrons. The first kappa shape index (κ1) is 19.0. The van der Waals surface area contributed by atoms with Crippen LogP contribution in [0.3, 0.4) is 0 Å².